The molecule has 0 radical (unpaired) electrons. The van der Waals surface area contributed by atoms with Gasteiger partial charge in [-0.3, -0.25) is 4.40 Å². The van der Waals surface area contributed by atoms with Gasteiger partial charge in [-0.15, -0.1) is 0 Å². The molecule has 4 heteroatoms. The predicted octanol–water partition coefficient (Wildman–Crippen LogP) is 8.47. The molecule has 0 aliphatic rings. The van der Waals surface area contributed by atoms with E-state index in [-0.39, 0.29) is 0 Å². The average Bonchev–Trinajstić information content (AvgIpc) is 3.56. The second-order valence-corrected chi connectivity index (χ2v) is 9.93. The van der Waals surface area contributed by atoms with E-state index in [1.165, 1.54) is 48.8 Å². The summed E-state index contributed by atoms with van der Waals surface area (Å²) in [5.74, 6) is 0. The van der Waals surface area contributed by atoms with E-state index < -0.39 is 0 Å². The monoisotopic (exact) mass is 465 g/mol. The van der Waals surface area contributed by atoms with Crippen LogP contribution in [0.4, 0.5) is 0 Å². The lowest BCUT2D eigenvalue weighted by molar-refractivity contribution is 1.18. The summed E-state index contributed by atoms with van der Waals surface area (Å²) in [7, 11) is 0. The minimum Gasteiger partial charge on any atom is -0.309 e. The van der Waals surface area contributed by atoms with Crippen molar-refractivity contribution in [2.45, 2.75) is 0 Å². The first-order valence-electron chi connectivity index (χ1n) is 11.7. The molecule has 0 aliphatic heterocycles. The van der Waals surface area contributed by atoms with Gasteiger partial charge in [-0.2, -0.15) is 0 Å². The molecule has 0 N–H and O–H groups in total. The number of para-hydroxylation sites is 4. The molecule has 0 unspecified atom stereocenters. The second kappa shape index (κ2) is 7.05. The number of hydrogen-bond acceptors (Lipinski definition) is 2. The Morgan fingerprint density at radius 2 is 1.26 bits per heavy atom. The molecule has 3 heterocycles. The van der Waals surface area contributed by atoms with Crippen molar-refractivity contribution in [1.82, 2.24) is 14.0 Å². The SMILES string of the molecule is c1ccc(-n2c3ccccc3c3cc(-c4ccc5sc6nc7ccccc7n6c5c4)ccc32)cc1. The highest BCUT2D eigenvalue weighted by Gasteiger charge is 2.15. The van der Waals surface area contributed by atoms with E-state index in [1.807, 2.05) is 6.07 Å². The molecule has 0 fully saturated rings. The molecule has 164 valence electrons. The van der Waals surface area contributed by atoms with Crippen LogP contribution in [0.3, 0.4) is 0 Å². The van der Waals surface area contributed by atoms with Crippen molar-refractivity contribution in [2.75, 3.05) is 0 Å². The van der Waals surface area contributed by atoms with E-state index in [1.54, 1.807) is 11.3 Å². The van der Waals surface area contributed by atoms with Crippen molar-refractivity contribution in [1.29, 1.82) is 0 Å². The molecule has 3 nitrogen and oxygen atoms in total. The third-order valence-corrected chi connectivity index (χ3v) is 7.97. The molecule has 0 amide bonds. The van der Waals surface area contributed by atoms with Gasteiger partial charge in [-0.1, -0.05) is 72.0 Å². The third-order valence-electron chi connectivity index (χ3n) is 6.95. The Balaban J connectivity index is 1.38. The van der Waals surface area contributed by atoms with Gasteiger partial charge in [-0.25, -0.2) is 4.98 Å². The number of thiazole rings is 1. The molecule has 0 atom stereocenters. The van der Waals surface area contributed by atoms with Crippen LogP contribution < -0.4 is 0 Å². The highest BCUT2D eigenvalue weighted by Crippen LogP contribution is 2.37. The minimum absolute atomic E-state index is 1.04. The van der Waals surface area contributed by atoms with E-state index in [2.05, 4.69) is 118 Å². The number of imidazole rings is 1. The van der Waals surface area contributed by atoms with Crippen LogP contribution in [0.25, 0.3) is 64.8 Å². The van der Waals surface area contributed by atoms with Crippen LogP contribution in [0.5, 0.6) is 0 Å². The standard InChI is InChI=1S/C31H19N3S/c1-2-8-22(9-3-1)33-26-12-6-4-10-23(26)24-18-20(14-16-27(24)33)21-15-17-30-29(19-21)34-28-13-7-5-11-25(28)32-31(34)35-30/h1-19H. The fourth-order valence-corrected chi connectivity index (χ4v) is 6.39. The van der Waals surface area contributed by atoms with E-state index >= 15 is 0 Å². The second-order valence-electron chi connectivity index (χ2n) is 8.92. The summed E-state index contributed by atoms with van der Waals surface area (Å²) in [5.41, 5.74) is 9.48. The van der Waals surface area contributed by atoms with Crippen LogP contribution in [-0.4, -0.2) is 14.0 Å². The quantitative estimate of drug-likeness (QED) is 0.251. The fraction of sp³-hybridized carbons (Fsp3) is 0. The Bertz CT molecular complexity index is 2060. The lowest BCUT2D eigenvalue weighted by atomic mass is 10.0. The summed E-state index contributed by atoms with van der Waals surface area (Å²) >= 11 is 1.75. The van der Waals surface area contributed by atoms with Gasteiger partial charge in [0.1, 0.15) is 0 Å². The molecule has 0 saturated carbocycles. The predicted molar refractivity (Wildman–Crippen MR) is 148 cm³/mol. The van der Waals surface area contributed by atoms with Gasteiger partial charge in [0.05, 0.1) is 32.3 Å². The van der Waals surface area contributed by atoms with Crippen LogP contribution in [0, 0.1) is 0 Å². The van der Waals surface area contributed by atoms with Crippen molar-refractivity contribution >= 4 is 59.4 Å². The molecule has 0 bridgehead atoms. The summed E-state index contributed by atoms with van der Waals surface area (Å²) in [6, 6.07) is 41.3. The highest BCUT2D eigenvalue weighted by molar-refractivity contribution is 7.23. The number of benzene rings is 5. The zero-order valence-corrected chi connectivity index (χ0v) is 19.5. The average molecular weight is 466 g/mol. The van der Waals surface area contributed by atoms with Crippen molar-refractivity contribution in [3.8, 4) is 16.8 Å². The molecular formula is C31H19N3S. The van der Waals surface area contributed by atoms with Crippen LogP contribution in [0.15, 0.2) is 115 Å². The Kier molecular flexibility index (Phi) is 3.82. The fourth-order valence-electron chi connectivity index (χ4n) is 5.37. The van der Waals surface area contributed by atoms with E-state index in [0.29, 0.717) is 0 Å². The molecule has 0 spiro atoms. The first kappa shape index (κ1) is 19.0. The van der Waals surface area contributed by atoms with Crippen LogP contribution in [0.2, 0.25) is 0 Å². The number of fused-ring (bicyclic) bond motifs is 8. The van der Waals surface area contributed by atoms with Gasteiger partial charge in [0.2, 0.25) is 0 Å². The van der Waals surface area contributed by atoms with E-state index in [0.717, 1.165) is 16.0 Å². The van der Waals surface area contributed by atoms with E-state index in [9.17, 15) is 0 Å². The summed E-state index contributed by atoms with van der Waals surface area (Å²) in [4.78, 5) is 5.88. The number of nitrogens with zero attached hydrogens (tertiary/aromatic N) is 3. The van der Waals surface area contributed by atoms with E-state index in [4.69, 9.17) is 4.98 Å². The van der Waals surface area contributed by atoms with Gasteiger partial charge in [0.25, 0.3) is 0 Å². The largest absolute Gasteiger partial charge is 0.309 e. The lowest BCUT2D eigenvalue weighted by Crippen LogP contribution is -1.92. The Morgan fingerprint density at radius 3 is 2.17 bits per heavy atom. The topological polar surface area (TPSA) is 22.2 Å². The Labute approximate surface area is 205 Å². The number of aromatic nitrogens is 3. The molecule has 3 aromatic heterocycles. The van der Waals surface area contributed by atoms with Gasteiger partial charge < -0.3 is 4.57 Å². The van der Waals surface area contributed by atoms with Crippen LogP contribution in [-0.2, 0) is 0 Å². The van der Waals surface area contributed by atoms with Crippen LogP contribution in [0.1, 0.15) is 0 Å². The molecule has 0 saturated heterocycles. The normalized spacial score (nSPS) is 12.0. The maximum absolute atomic E-state index is 4.84. The smallest absolute Gasteiger partial charge is 0.195 e. The van der Waals surface area contributed by atoms with Crippen LogP contribution >= 0.6 is 11.3 Å². The van der Waals surface area contributed by atoms with Crippen molar-refractivity contribution in [3.63, 3.8) is 0 Å². The molecule has 8 rings (SSSR count). The zero-order valence-electron chi connectivity index (χ0n) is 18.7. The van der Waals surface area contributed by atoms with Gasteiger partial charge in [-0.05, 0) is 65.7 Å². The Hall–Kier alpha value is -4.41. The van der Waals surface area contributed by atoms with Crippen molar-refractivity contribution in [3.05, 3.63) is 115 Å². The Morgan fingerprint density at radius 1 is 0.543 bits per heavy atom. The first-order chi connectivity index (χ1) is 17.3. The highest BCUT2D eigenvalue weighted by atomic mass is 32.1. The lowest BCUT2D eigenvalue weighted by Gasteiger charge is -2.08. The van der Waals surface area contributed by atoms with Gasteiger partial charge in [0, 0.05) is 16.5 Å². The first-order valence-corrected chi connectivity index (χ1v) is 12.6. The molecule has 35 heavy (non-hydrogen) atoms. The maximum atomic E-state index is 4.84. The molecular weight excluding hydrogens is 446 g/mol. The molecule has 5 aromatic carbocycles. The zero-order chi connectivity index (χ0) is 22.9. The van der Waals surface area contributed by atoms with Gasteiger partial charge >= 0.3 is 0 Å². The molecule has 0 aliphatic carbocycles. The third kappa shape index (κ3) is 2.69. The van der Waals surface area contributed by atoms with Gasteiger partial charge in [0.15, 0.2) is 4.96 Å². The summed E-state index contributed by atoms with van der Waals surface area (Å²) in [6.07, 6.45) is 0. The summed E-state index contributed by atoms with van der Waals surface area (Å²) < 4.78 is 5.90. The summed E-state index contributed by atoms with van der Waals surface area (Å²) in [6.45, 7) is 0. The number of hydrogen-bond donors (Lipinski definition) is 0. The van der Waals surface area contributed by atoms with Crippen molar-refractivity contribution in [2.24, 2.45) is 0 Å². The van der Waals surface area contributed by atoms with Crippen molar-refractivity contribution < 1.29 is 0 Å². The minimum atomic E-state index is 1.04. The maximum Gasteiger partial charge on any atom is 0.195 e. The molecule has 8 aromatic rings. The summed E-state index contributed by atoms with van der Waals surface area (Å²) in [5, 5.41) is 2.54. The number of rotatable bonds is 2.